The summed E-state index contributed by atoms with van der Waals surface area (Å²) in [6, 6.07) is 10.4. The monoisotopic (exact) mass is 349 g/mol. The minimum Gasteiger partial charge on any atom is -0.366 e. The van der Waals surface area contributed by atoms with Crippen molar-refractivity contribution in [3.05, 3.63) is 54.6 Å². The van der Waals surface area contributed by atoms with Crippen molar-refractivity contribution in [2.45, 2.75) is 19.9 Å². The van der Waals surface area contributed by atoms with Gasteiger partial charge < -0.3 is 9.80 Å². The summed E-state index contributed by atoms with van der Waals surface area (Å²) >= 11 is 0. The van der Waals surface area contributed by atoms with Crippen molar-refractivity contribution >= 4 is 22.4 Å². The van der Waals surface area contributed by atoms with Crippen LogP contribution in [0.15, 0.2) is 48.9 Å². The van der Waals surface area contributed by atoms with Gasteiger partial charge in [-0.05, 0) is 19.9 Å². The average molecular weight is 349 g/mol. The highest BCUT2D eigenvalue weighted by atomic mass is 16.2. The summed E-state index contributed by atoms with van der Waals surface area (Å²) in [6.07, 6.45) is 5.68. The molecule has 1 aliphatic heterocycles. The fourth-order valence-corrected chi connectivity index (χ4v) is 3.40. The van der Waals surface area contributed by atoms with Crippen LogP contribution in [0.5, 0.6) is 0 Å². The Morgan fingerprint density at radius 1 is 1.04 bits per heavy atom. The molecular weight excluding hydrogens is 326 g/mol. The van der Waals surface area contributed by atoms with Gasteiger partial charge in [0.25, 0.3) is 5.91 Å². The van der Waals surface area contributed by atoms with Crippen molar-refractivity contribution in [3.63, 3.8) is 0 Å². The number of carbonyl (C=O) groups is 1. The van der Waals surface area contributed by atoms with Gasteiger partial charge in [-0.3, -0.25) is 14.5 Å². The molecular formula is C20H23N5O. The number of piperazine rings is 1. The highest BCUT2D eigenvalue weighted by Gasteiger charge is 2.24. The zero-order valence-electron chi connectivity index (χ0n) is 15.2. The summed E-state index contributed by atoms with van der Waals surface area (Å²) < 4.78 is 1.82. The maximum Gasteiger partial charge on any atom is 0.274 e. The van der Waals surface area contributed by atoms with Gasteiger partial charge in [-0.15, -0.1) is 0 Å². The molecule has 0 N–H and O–H groups in total. The van der Waals surface area contributed by atoms with E-state index in [0.717, 1.165) is 24.2 Å². The average Bonchev–Trinajstić information content (AvgIpc) is 3.18. The number of carbonyl (C=O) groups excluding carboxylic acids is 1. The fourth-order valence-electron chi connectivity index (χ4n) is 3.40. The van der Waals surface area contributed by atoms with Crippen LogP contribution in [-0.4, -0.2) is 51.8 Å². The number of nitrogens with zero attached hydrogens (tertiary/aromatic N) is 5. The molecule has 4 rings (SSSR count). The van der Waals surface area contributed by atoms with Gasteiger partial charge in [0.1, 0.15) is 5.69 Å². The first-order valence-corrected chi connectivity index (χ1v) is 9.05. The van der Waals surface area contributed by atoms with E-state index in [0.29, 0.717) is 18.8 Å². The number of pyridine rings is 1. The summed E-state index contributed by atoms with van der Waals surface area (Å²) in [7, 11) is 0. The van der Waals surface area contributed by atoms with E-state index in [4.69, 9.17) is 0 Å². The normalized spacial score (nSPS) is 15.0. The third kappa shape index (κ3) is 3.03. The van der Waals surface area contributed by atoms with Crippen LogP contribution in [0, 0.1) is 0 Å². The molecule has 1 amide bonds. The second-order valence-corrected chi connectivity index (χ2v) is 6.93. The SMILES string of the molecule is CC(C)n1ccc(C(=O)N2CCN(c3cncc4ccccc34)CC2)n1. The van der Waals surface area contributed by atoms with Gasteiger partial charge in [-0.1, -0.05) is 24.3 Å². The Morgan fingerprint density at radius 3 is 2.54 bits per heavy atom. The number of fused-ring (bicyclic) bond motifs is 1. The van der Waals surface area contributed by atoms with E-state index in [1.165, 1.54) is 5.39 Å². The Bertz CT molecular complexity index is 919. The lowest BCUT2D eigenvalue weighted by atomic mass is 10.1. The van der Waals surface area contributed by atoms with Gasteiger partial charge in [0.05, 0.1) is 11.9 Å². The minimum absolute atomic E-state index is 0.0140. The largest absolute Gasteiger partial charge is 0.366 e. The van der Waals surface area contributed by atoms with Crippen molar-refractivity contribution in [1.29, 1.82) is 0 Å². The summed E-state index contributed by atoms with van der Waals surface area (Å²) in [6.45, 7) is 7.09. The first-order chi connectivity index (χ1) is 12.6. The zero-order chi connectivity index (χ0) is 18.1. The molecule has 134 valence electrons. The van der Waals surface area contributed by atoms with Crippen LogP contribution in [-0.2, 0) is 0 Å². The number of benzene rings is 1. The third-order valence-electron chi connectivity index (χ3n) is 4.91. The second-order valence-electron chi connectivity index (χ2n) is 6.93. The van der Waals surface area contributed by atoms with Gasteiger partial charge in [0.15, 0.2) is 0 Å². The van der Waals surface area contributed by atoms with Crippen LogP contribution in [0.3, 0.4) is 0 Å². The van der Waals surface area contributed by atoms with Crippen molar-refractivity contribution in [2.24, 2.45) is 0 Å². The number of rotatable bonds is 3. The van der Waals surface area contributed by atoms with Crippen molar-refractivity contribution in [2.75, 3.05) is 31.1 Å². The fraction of sp³-hybridized carbons (Fsp3) is 0.350. The van der Waals surface area contributed by atoms with E-state index in [-0.39, 0.29) is 11.9 Å². The van der Waals surface area contributed by atoms with E-state index in [1.54, 1.807) is 0 Å². The number of hydrogen-bond donors (Lipinski definition) is 0. The number of aromatic nitrogens is 3. The molecule has 0 radical (unpaired) electrons. The van der Waals surface area contributed by atoms with Gasteiger partial charge in [-0.2, -0.15) is 5.10 Å². The maximum atomic E-state index is 12.7. The first-order valence-electron chi connectivity index (χ1n) is 9.05. The van der Waals surface area contributed by atoms with Gasteiger partial charge >= 0.3 is 0 Å². The molecule has 2 aromatic heterocycles. The van der Waals surface area contributed by atoms with Crippen LogP contribution in [0.1, 0.15) is 30.4 Å². The maximum absolute atomic E-state index is 12.7. The molecule has 0 unspecified atom stereocenters. The van der Waals surface area contributed by atoms with E-state index in [1.807, 2.05) is 40.3 Å². The van der Waals surface area contributed by atoms with Gasteiger partial charge in [0.2, 0.25) is 0 Å². The zero-order valence-corrected chi connectivity index (χ0v) is 15.2. The van der Waals surface area contributed by atoms with Crippen LogP contribution >= 0.6 is 0 Å². The Morgan fingerprint density at radius 2 is 1.81 bits per heavy atom. The standard InChI is InChI=1S/C20H23N5O/c1-15(2)25-8-7-18(22-25)20(26)24-11-9-23(10-12-24)19-14-21-13-16-5-3-4-6-17(16)19/h3-8,13-15H,9-12H2,1-2H3. The molecule has 1 saturated heterocycles. The lowest BCUT2D eigenvalue weighted by Crippen LogP contribution is -2.49. The van der Waals surface area contributed by atoms with E-state index >= 15 is 0 Å². The molecule has 6 nitrogen and oxygen atoms in total. The van der Waals surface area contributed by atoms with Gasteiger partial charge in [-0.25, -0.2) is 0 Å². The predicted octanol–water partition coefficient (Wildman–Crippen LogP) is 2.97. The lowest BCUT2D eigenvalue weighted by molar-refractivity contribution is 0.0740. The molecule has 0 bridgehead atoms. The van der Waals surface area contributed by atoms with Crippen LogP contribution in [0.2, 0.25) is 0 Å². The molecule has 0 saturated carbocycles. The van der Waals surface area contributed by atoms with Gasteiger partial charge in [0, 0.05) is 55.4 Å². The first kappa shape index (κ1) is 16.6. The molecule has 1 aliphatic rings. The molecule has 3 heterocycles. The van der Waals surface area contributed by atoms with Crippen LogP contribution < -0.4 is 4.90 Å². The van der Waals surface area contributed by atoms with Crippen molar-refractivity contribution in [1.82, 2.24) is 19.7 Å². The Balaban J connectivity index is 1.47. The molecule has 3 aromatic rings. The predicted molar refractivity (Wildman–Crippen MR) is 102 cm³/mol. The molecule has 0 spiro atoms. The number of amides is 1. The molecule has 26 heavy (non-hydrogen) atoms. The summed E-state index contributed by atoms with van der Waals surface area (Å²) in [5.74, 6) is 0.0140. The quantitative estimate of drug-likeness (QED) is 0.729. The third-order valence-corrected chi connectivity index (χ3v) is 4.91. The molecule has 0 aliphatic carbocycles. The number of hydrogen-bond acceptors (Lipinski definition) is 4. The van der Waals surface area contributed by atoms with Crippen LogP contribution in [0.25, 0.3) is 10.8 Å². The Hall–Kier alpha value is -2.89. The molecule has 6 heteroatoms. The second kappa shape index (κ2) is 6.78. The molecule has 1 fully saturated rings. The highest BCUT2D eigenvalue weighted by Crippen LogP contribution is 2.26. The van der Waals surface area contributed by atoms with Crippen LogP contribution in [0.4, 0.5) is 5.69 Å². The Labute approximate surface area is 153 Å². The van der Waals surface area contributed by atoms with Crippen molar-refractivity contribution in [3.8, 4) is 0 Å². The summed E-state index contributed by atoms with van der Waals surface area (Å²) in [5, 5.41) is 6.75. The smallest absolute Gasteiger partial charge is 0.274 e. The van der Waals surface area contributed by atoms with E-state index in [9.17, 15) is 4.79 Å². The topological polar surface area (TPSA) is 54.3 Å². The number of anilines is 1. The van der Waals surface area contributed by atoms with E-state index < -0.39 is 0 Å². The Kier molecular flexibility index (Phi) is 4.32. The van der Waals surface area contributed by atoms with E-state index in [2.05, 4.69) is 47.0 Å². The lowest BCUT2D eigenvalue weighted by Gasteiger charge is -2.36. The summed E-state index contributed by atoms with van der Waals surface area (Å²) in [4.78, 5) is 21.3. The highest BCUT2D eigenvalue weighted by molar-refractivity contribution is 5.94. The minimum atomic E-state index is 0.0140. The molecule has 1 aromatic carbocycles. The van der Waals surface area contributed by atoms with Crippen molar-refractivity contribution < 1.29 is 4.79 Å². The summed E-state index contributed by atoms with van der Waals surface area (Å²) in [5.41, 5.74) is 1.67. The molecule has 0 atom stereocenters.